The van der Waals surface area contributed by atoms with Crippen LogP contribution in [0.1, 0.15) is 22.7 Å². The van der Waals surface area contributed by atoms with E-state index in [9.17, 15) is 0 Å². The molecule has 3 aromatic rings. The smallest absolute Gasteiger partial charge is 0.174 e. The lowest BCUT2D eigenvalue weighted by molar-refractivity contribution is 0.394. The summed E-state index contributed by atoms with van der Waals surface area (Å²) in [5, 5.41) is 4.09. The third kappa shape index (κ3) is 3.47. The van der Waals surface area contributed by atoms with Crippen LogP contribution in [0.15, 0.2) is 58.5 Å². The first kappa shape index (κ1) is 19.2. The van der Waals surface area contributed by atoms with Gasteiger partial charge >= 0.3 is 0 Å². The van der Waals surface area contributed by atoms with Crippen molar-refractivity contribution in [2.45, 2.75) is 12.1 Å². The fourth-order valence-corrected chi connectivity index (χ4v) is 5.27. The summed E-state index contributed by atoms with van der Waals surface area (Å²) < 4.78 is 12.1. The highest BCUT2D eigenvalue weighted by atomic mass is 79.9. The van der Waals surface area contributed by atoms with Gasteiger partial charge in [-0.25, -0.2) is 0 Å². The zero-order chi connectivity index (χ0) is 19.7. The molecule has 3 heterocycles. The number of ether oxygens (including phenoxy) is 2. The number of hydrogen-bond acceptors (Lipinski definition) is 5. The van der Waals surface area contributed by atoms with E-state index in [1.54, 1.807) is 31.8 Å². The summed E-state index contributed by atoms with van der Waals surface area (Å²) in [6, 6.07) is 15.7. The molecule has 28 heavy (non-hydrogen) atoms. The lowest BCUT2D eigenvalue weighted by atomic mass is 10.0. The molecule has 0 radical (unpaired) electrons. The molecule has 1 fully saturated rings. The lowest BCUT2D eigenvalue weighted by Gasteiger charge is -2.28. The van der Waals surface area contributed by atoms with E-state index in [0.29, 0.717) is 10.9 Å². The molecular weight excluding hydrogens is 458 g/mol. The molecule has 0 aliphatic carbocycles. The maximum atomic E-state index is 5.75. The lowest BCUT2D eigenvalue weighted by Crippen LogP contribution is -2.29. The summed E-state index contributed by atoms with van der Waals surface area (Å²) in [5.41, 5.74) is 1.82. The van der Waals surface area contributed by atoms with E-state index in [4.69, 9.17) is 21.7 Å². The molecule has 1 aliphatic heterocycles. The predicted molar refractivity (Wildman–Crippen MR) is 119 cm³/mol. The van der Waals surface area contributed by atoms with E-state index in [2.05, 4.69) is 43.3 Å². The topological polar surface area (TPSA) is 46.6 Å². The van der Waals surface area contributed by atoms with Crippen molar-refractivity contribution in [2.24, 2.45) is 0 Å². The molecule has 1 aromatic carbocycles. The molecule has 2 aromatic heterocycles. The second-order valence-electron chi connectivity index (χ2n) is 6.18. The normalized spacial score (nSPS) is 18.8. The number of methoxy groups -OCH3 is 2. The van der Waals surface area contributed by atoms with Gasteiger partial charge in [-0.3, -0.25) is 4.98 Å². The number of halogens is 1. The average molecular weight is 476 g/mol. The zero-order valence-corrected chi connectivity index (χ0v) is 18.5. The first-order valence-electron chi connectivity index (χ1n) is 8.60. The summed E-state index contributed by atoms with van der Waals surface area (Å²) in [4.78, 5) is 7.84. The van der Waals surface area contributed by atoms with Crippen molar-refractivity contribution in [1.82, 2.24) is 10.3 Å². The molecule has 144 valence electrons. The van der Waals surface area contributed by atoms with Gasteiger partial charge in [0.15, 0.2) is 5.11 Å². The fraction of sp³-hybridized carbons (Fsp3) is 0.200. The van der Waals surface area contributed by atoms with Crippen LogP contribution in [0, 0.1) is 0 Å². The SMILES string of the molecule is COc1ccc(N2C(=S)N[C@@H](c3ccccn3)[C@@H]2c2ccc(Br)s2)c(OC)c1. The van der Waals surface area contributed by atoms with E-state index in [0.717, 1.165) is 20.9 Å². The molecule has 8 heteroatoms. The molecule has 5 nitrogen and oxygen atoms in total. The van der Waals surface area contributed by atoms with Crippen molar-refractivity contribution >= 4 is 50.3 Å². The van der Waals surface area contributed by atoms with Crippen molar-refractivity contribution in [2.75, 3.05) is 19.1 Å². The third-order valence-corrected chi connectivity index (χ3v) is 6.64. The van der Waals surface area contributed by atoms with Crippen molar-refractivity contribution in [3.63, 3.8) is 0 Å². The Balaban J connectivity index is 1.84. The highest BCUT2D eigenvalue weighted by Gasteiger charge is 2.42. The first-order valence-corrected chi connectivity index (χ1v) is 10.6. The molecule has 1 N–H and O–H groups in total. The van der Waals surface area contributed by atoms with Crippen molar-refractivity contribution in [1.29, 1.82) is 0 Å². The molecule has 0 saturated carbocycles. The molecule has 0 spiro atoms. The van der Waals surface area contributed by atoms with Crippen molar-refractivity contribution in [3.05, 3.63) is 69.1 Å². The number of nitrogens with one attached hydrogen (secondary N) is 1. The number of rotatable bonds is 5. The third-order valence-electron chi connectivity index (χ3n) is 4.63. The number of thiophene rings is 1. The maximum Gasteiger partial charge on any atom is 0.174 e. The van der Waals surface area contributed by atoms with Gasteiger partial charge in [-0.15, -0.1) is 11.3 Å². The minimum absolute atomic E-state index is 0.0546. The van der Waals surface area contributed by atoms with Gasteiger partial charge in [-0.1, -0.05) is 6.07 Å². The van der Waals surface area contributed by atoms with E-state index < -0.39 is 0 Å². The van der Waals surface area contributed by atoms with Gasteiger partial charge in [0.25, 0.3) is 0 Å². The number of pyridine rings is 1. The summed E-state index contributed by atoms with van der Waals surface area (Å²) in [7, 11) is 3.29. The fourth-order valence-electron chi connectivity index (χ4n) is 3.37. The molecule has 4 rings (SSSR count). The average Bonchev–Trinajstić information content (AvgIpc) is 3.30. The largest absolute Gasteiger partial charge is 0.497 e. The van der Waals surface area contributed by atoms with Crippen LogP contribution in [-0.2, 0) is 0 Å². The van der Waals surface area contributed by atoms with Crippen LogP contribution in [0.25, 0.3) is 0 Å². The number of thiocarbonyl (C=S) groups is 1. The summed E-state index contributed by atoms with van der Waals surface area (Å²) in [6.07, 6.45) is 1.80. The minimum Gasteiger partial charge on any atom is -0.497 e. The number of anilines is 1. The van der Waals surface area contributed by atoms with Gasteiger partial charge in [0.1, 0.15) is 11.5 Å². The van der Waals surface area contributed by atoms with Crippen LogP contribution >= 0.6 is 39.5 Å². The molecule has 0 unspecified atom stereocenters. The van der Waals surface area contributed by atoms with E-state index in [1.165, 1.54) is 4.88 Å². The summed E-state index contributed by atoms with van der Waals surface area (Å²) in [6.45, 7) is 0. The van der Waals surface area contributed by atoms with Crippen LogP contribution in [0.4, 0.5) is 5.69 Å². The minimum atomic E-state index is -0.0777. The van der Waals surface area contributed by atoms with Gasteiger partial charge in [-0.2, -0.15) is 0 Å². The Morgan fingerprint density at radius 1 is 1.14 bits per heavy atom. The zero-order valence-electron chi connectivity index (χ0n) is 15.3. The van der Waals surface area contributed by atoms with Crippen LogP contribution in [0.3, 0.4) is 0 Å². The first-order chi connectivity index (χ1) is 13.6. The molecule has 1 saturated heterocycles. The Labute approximate surface area is 181 Å². The van der Waals surface area contributed by atoms with Gasteiger partial charge in [0.2, 0.25) is 0 Å². The second-order valence-corrected chi connectivity index (χ2v) is 9.06. The predicted octanol–water partition coefficient (Wildman–Crippen LogP) is 5.10. The van der Waals surface area contributed by atoms with Crippen LogP contribution in [0.2, 0.25) is 0 Å². The molecular formula is C20H18BrN3O2S2. The Hall–Kier alpha value is -2.16. The van der Waals surface area contributed by atoms with Crippen LogP contribution < -0.4 is 19.7 Å². The van der Waals surface area contributed by atoms with Gasteiger partial charge in [-0.05, 0) is 64.5 Å². The van der Waals surface area contributed by atoms with E-state index >= 15 is 0 Å². The van der Waals surface area contributed by atoms with Gasteiger partial charge in [0, 0.05) is 17.1 Å². The monoisotopic (exact) mass is 475 g/mol. The Bertz CT molecular complexity index is 996. The number of aromatic nitrogens is 1. The number of nitrogens with zero attached hydrogens (tertiary/aromatic N) is 2. The second kappa shape index (κ2) is 8.06. The van der Waals surface area contributed by atoms with Gasteiger partial charge in [0.05, 0.1) is 41.5 Å². The Morgan fingerprint density at radius 2 is 2.00 bits per heavy atom. The quantitative estimate of drug-likeness (QED) is 0.517. The molecule has 0 bridgehead atoms. The number of hydrogen-bond donors (Lipinski definition) is 1. The Kier molecular flexibility index (Phi) is 5.52. The van der Waals surface area contributed by atoms with Crippen molar-refractivity contribution < 1.29 is 9.47 Å². The van der Waals surface area contributed by atoms with Crippen LogP contribution in [-0.4, -0.2) is 24.3 Å². The van der Waals surface area contributed by atoms with Crippen LogP contribution in [0.5, 0.6) is 11.5 Å². The van der Waals surface area contributed by atoms with Gasteiger partial charge < -0.3 is 19.7 Å². The standard InChI is InChI=1S/C20H18BrN3O2S2/c1-25-12-6-7-14(15(11-12)26-2)24-19(16-8-9-17(21)28-16)18(23-20(24)27)13-5-3-4-10-22-13/h3-11,18-19H,1-2H3,(H,23,27)/t18-,19-/m0/s1. The highest BCUT2D eigenvalue weighted by Crippen LogP contribution is 2.47. The van der Waals surface area contributed by atoms with E-state index in [1.807, 2.05) is 36.4 Å². The summed E-state index contributed by atoms with van der Waals surface area (Å²) >= 11 is 11.0. The van der Waals surface area contributed by atoms with Crippen molar-refractivity contribution in [3.8, 4) is 11.5 Å². The highest BCUT2D eigenvalue weighted by molar-refractivity contribution is 9.11. The molecule has 2 atom stereocenters. The number of benzene rings is 1. The molecule has 0 amide bonds. The maximum absolute atomic E-state index is 5.75. The summed E-state index contributed by atoms with van der Waals surface area (Å²) in [5.74, 6) is 1.43. The Morgan fingerprint density at radius 3 is 2.64 bits per heavy atom. The van der Waals surface area contributed by atoms with E-state index in [-0.39, 0.29) is 12.1 Å². The molecule has 1 aliphatic rings.